The van der Waals surface area contributed by atoms with E-state index in [1.807, 2.05) is 102 Å². The summed E-state index contributed by atoms with van der Waals surface area (Å²) in [6.07, 6.45) is 6.90. The van der Waals surface area contributed by atoms with Crippen LogP contribution in [0.2, 0.25) is 0 Å². The van der Waals surface area contributed by atoms with Crippen LogP contribution in [0.4, 0.5) is 4.39 Å². The molecule has 1 N–H and O–H groups in total. The summed E-state index contributed by atoms with van der Waals surface area (Å²) in [5.41, 5.74) is 5.10. The number of halogens is 1. The summed E-state index contributed by atoms with van der Waals surface area (Å²) in [7, 11) is 0. The number of nitrogens with one attached hydrogen (secondary N) is 1. The van der Waals surface area contributed by atoms with Gasteiger partial charge in [-0.25, -0.2) is 4.39 Å². The molecule has 5 rings (SSSR count). The van der Waals surface area contributed by atoms with Gasteiger partial charge in [0.25, 0.3) is 5.91 Å². The number of benzene rings is 2. The fraction of sp³-hybridized carbons (Fsp3) is 0.400. The summed E-state index contributed by atoms with van der Waals surface area (Å²) in [4.78, 5) is 35.8. The second kappa shape index (κ2) is 15.1. The quantitative estimate of drug-likeness (QED) is 0.168. The van der Waals surface area contributed by atoms with E-state index in [9.17, 15) is 14.0 Å². The molecular formula is C40H47FN4O5. The lowest BCUT2D eigenvalue weighted by molar-refractivity contribution is -0.290. The van der Waals surface area contributed by atoms with E-state index in [2.05, 4.69) is 15.3 Å². The van der Waals surface area contributed by atoms with Crippen molar-refractivity contribution in [2.75, 3.05) is 0 Å². The van der Waals surface area contributed by atoms with Crippen molar-refractivity contribution in [3.8, 4) is 22.3 Å². The van der Waals surface area contributed by atoms with Gasteiger partial charge in [0.1, 0.15) is 17.1 Å². The Labute approximate surface area is 293 Å². The number of esters is 1. The number of carbonyl (C=O) groups is 2. The molecular weight excluding hydrogens is 635 g/mol. The molecule has 1 fully saturated rings. The van der Waals surface area contributed by atoms with Crippen molar-refractivity contribution in [1.29, 1.82) is 0 Å². The van der Waals surface area contributed by atoms with Crippen molar-refractivity contribution in [3.05, 3.63) is 102 Å². The fourth-order valence-electron chi connectivity index (χ4n) is 6.25. The van der Waals surface area contributed by atoms with Gasteiger partial charge in [-0.2, -0.15) is 0 Å². The first kappa shape index (κ1) is 36.6. The molecule has 0 aliphatic carbocycles. The predicted octanol–water partition coefficient (Wildman–Crippen LogP) is 8.23. The zero-order valence-electron chi connectivity index (χ0n) is 30.1. The third-order valence-electron chi connectivity index (χ3n) is 8.10. The standard InChI is InChI=1S/C40H47FN4O5/c1-25(2)45-33(19-18-31-20-32(49-40(7,8)48-31)21-34(46)50-39(4,5)6)35(28-14-16-29(41)17-15-28)36(27-12-10-9-11-13-27)37(45)38(47)44-24-30-23-42-26(3)22-43-30/h9-19,22-23,25,31-32H,20-21,24H2,1-8H3,(H,44,47)/b19-18+/t31-,32-/m1/s1. The average molecular weight is 683 g/mol. The topological polar surface area (TPSA) is 105 Å². The molecule has 50 heavy (non-hydrogen) atoms. The van der Waals surface area contributed by atoms with E-state index in [0.29, 0.717) is 23.4 Å². The first-order valence-corrected chi connectivity index (χ1v) is 17.0. The Morgan fingerprint density at radius 1 is 1.02 bits per heavy atom. The average Bonchev–Trinajstić information content (AvgIpc) is 3.38. The van der Waals surface area contributed by atoms with Crippen molar-refractivity contribution in [1.82, 2.24) is 19.9 Å². The summed E-state index contributed by atoms with van der Waals surface area (Å²) in [5, 5.41) is 3.07. The first-order valence-electron chi connectivity index (χ1n) is 17.0. The van der Waals surface area contributed by atoms with Crippen LogP contribution in [0.15, 0.2) is 73.1 Å². The summed E-state index contributed by atoms with van der Waals surface area (Å²) in [6.45, 7) is 15.2. The summed E-state index contributed by atoms with van der Waals surface area (Å²) in [5.74, 6) is -1.95. The van der Waals surface area contributed by atoms with Crippen LogP contribution in [0, 0.1) is 12.7 Å². The molecule has 0 bridgehead atoms. The number of nitrogens with zero attached hydrogens (tertiary/aromatic N) is 3. The Kier molecular flexibility index (Phi) is 11.0. The molecule has 0 spiro atoms. The molecule has 1 aliphatic heterocycles. The Hall–Kier alpha value is -4.67. The van der Waals surface area contributed by atoms with Crippen LogP contribution in [0.3, 0.4) is 0 Å². The monoisotopic (exact) mass is 682 g/mol. The van der Waals surface area contributed by atoms with Crippen molar-refractivity contribution >= 4 is 18.0 Å². The maximum absolute atomic E-state index is 14.3. The van der Waals surface area contributed by atoms with E-state index in [1.165, 1.54) is 12.1 Å². The summed E-state index contributed by atoms with van der Waals surface area (Å²) >= 11 is 0. The van der Waals surface area contributed by atoms with Crippen LogP contribution in [-0.2, 0) is 25.5 Å². The molecule has 0 radical (unpaired) electrons. The van der Waals surface area contributed by atoms with Gasteiger partial charge >= 0.3 is 5.97 Å². The number of rotatable bonds is 10. The molecule has 4 aromatic rings. The molecule has 1 amide bonds. The Morgan fingerprint density at radius 2 is 1.70 bits per heavy atom. The normalized spacial score (nSPS) is 17.6. The highest BCUT2D eigenvalue weighted by atomic mass is 19.1. The van der Waals surface area contributed by atoms with Crippen LogP contribution in [0.1, 0.15) is 94.9 Å². The molecule has 1 aliphatic rings. The molecule has 0 saturated carbocycles. The van der Waals surface area contributed by atoms with Crippen LogP contribution < -0.4 is 5.32 Å². The van der Waals surface area contributed by atoms with Crippen LogP contribution in [0.5, 0.6) is 0 Å². The largest absolute Gasteiger partial charge is 0.460 e. The van der Waals surface area contributed by atoms with Crippen molar-refractivity contribution in [2.24, 2.45) is 0 Å². The van der Waals surface area contributed by atoms with Gasteiger partial charge in [-0.1, -0.05) is 48.5 Å². The van der Waals surface area contributed by atoms with E-state index in [1.54, 1.807) is 24.5 Å². The smallest absolute Gasteiger partial charge is 0.308 e. The molecule has 9 nitrogen and oxygen atoms in total. The van der Waals surface area contributed by atoms with Crippen molar-refractivity contribution in [3.63, 3.8) is 0 Å². The number of amides is 1. The maximum Gasteiger partial charge on any atom is 0.308 e. The highest BCUT2D eigenvalue weighted by Crippen LogP contribution is 2.43. The van der Waals surface area contributed by atoms with Crippen molar-refractivity contribution < 1.29 is 28.2 Å². The zero-order chi connectivity index (χ0) is 36.2. The highest BCUT2D eigenvalue weighted by Gasteiger charge is 2.37. The maximum atomic E-state index is 14.3. The first-order chi connectivity index (χ1) is 23.6. The molecule has 10 heteroatoms. The second-order valence-electron chi connectivity index (χ2n) is 14.3. The minimum atomic E-state index is -0.959. The number of aryl methyl sites for hydroxylation is 1. The van der Waals surface area contributed by atoms with Gasteiger partial charge in [-0.05, 0) is 84.7 Å². The van der Waals surface area contributed by atoms with Crippen LogP contribution in [0.25, 0.3) is 28.3 Å². The highest BCUT2D eigenvalue weighted by molar-refractivity contribution is 6.06. The Morgan fingerprint density at radius 3 is 2.32 bits per heavy atom. The Bertz CT molecular complexity index is 1820. The van der Waals surface area contributed by atoms with Gasteiger partial charge in [0, 0.05) is 35.5 Å². The Balaban J connectivity index is 1.62. The van der Waals surface area contributed by atoms with Gasteiger partial charge in [0.2, 0.25) is 0 Å². The number of ether oxygens (including phenoxy) is 3. The summed E-state index contributed by atoms with van der Waals surface area (Å²) in [6, 6.07) is 15.9. The lowest BCUT2D eigenvalue weighted by Crippen LogP contribution is -2.45. The van der Waals surface area contributed by atoms with Gasteiger partial charge in [-0.3, -0.25) is 19.6 Å². The molecule has 264 valence electrons. The summed E-state index contributed by atoms with van der Waals surface area (Å²) < 4.78 is 34.3. The van der Waals surface area contributed by atoms with Gasteiger partial charge in [0.15, 0.2) is 5.79 Å². The minimum Gasteiger partial charge on any atom is -0.460 e. The van der Waals surface area contributed by atoms with Crippen molar-refractivity contribution in [2.45, 2.75) is 104 Å². The predicted molar refractivity (Wildman–Crippen MR) is 192 cm³/mol. The van der Waals surface area contributed by atoms with E-state index < -0.39 is 23.6 Å². The minimum absolute atomic E-state index is 0.0887. The fourth-order valence-corrected chi connectivity index (χ4v) is 6.25. The van der Waals surface area contributed by atoms with E-state index >= 15 is 0 Å². The molecule has 3 heterocycles. The lowest BCUT2D eigenvalue weighted by Gasteiger charge is -2.39. The van der Waals surface area contributed by atoms with E-state index in [4.69, 9.17) is 14.2 Å². The third kappa shape index (κ3) is 9.11. The number of carbonyl (C=O) groups excluding carboxylic acids is 2. The zero-order valence-corrected chi connectivity index (χ0v) is 30.1. The third-order valence-corrected chi connectivity index (χ3v) is 8.10. The van der Waals surface area contributed by atoms with Gasteiger partial charge < -0.3 is 24.1 Å². The molecule has 2 aromatic heterocycles. The van der Waals surface area contributed by atoms with Crippen LogP contribution in [-0.4, -0.2) is 50.0 Å². The molecule has 2 aromatic carbocycles. The van der Waals surface area contributed by atoms with Gasteiger partial charge in [-0.15, -0.1) is 0 Å². The molecule has 0 unspecified atom stereocenters. The molecule has 2 atom stereocenters. The van der Waals surface area contributed by atoms with E-state index in [-0.39, 0.29) is 36.7 Å². The number of aromatic nitrogens is 3. The van der Waals surface area contributed by atoms with Crippen LogP contribution >= 0.6 is 0 Å². The lowest BCUT2D eigenvalue weighted by atomic mass is 9.94. The number of hydrogen-bond acceptors (Lipinski definition) is 7. The van der Waals surface area contributed by atoms with E-state index in [0.717, 1.165) is 28.1 Å². The second-order valence-corrected chi connectivity index (χ2v) is 14.3. The number of hydrogen-bond donors (Lipinski definition) is 1. The van der Waals surface area contributed by atoms with Gasteiger partial charge in [0.05, 0.1) is 42.8 Å². The SMILES string of the molecule is Cc1cnc(CNC(=O)c2c(-c3ccccc3)c(-c3ccc(F)cc3)c(/C=C/[C@@H]3C[C@H](CC(=O)OC(C)(C)C)OC(C)(C)O3)n2C(C)C)cn1. The molecule has 1 saturated heterocycles.